The molecule has 0 saturated carbocycles. The molecule has 0 aromatic heterocycles. The molecule has 0 aliphatic heterocycles. The average molecular weight is 515 g/mol. The fourth-order valence-electron chi connectivity index (χ4n) is 1.44. The lowest BCUT2D eigenvalue weighted by Crippen LogP contribution is -2.13. The van der Waals surface area contributed by atoms with Gasteiger partial charge < -0.3 is 5.32 Å². The molecule has 2 nitrogen and oxygen atoms in total. The minimum atomic E-state index is -0.153. The monoisotopic (exact) mass is 513 g/mol. The Morgan fingerprint density at radius 3 is 2.58 bits per heavy atom. The van der Waals surface area contributed by atoms with E-state index in [2.05, 4.69) is 59.8 Å². The van der Waals surface area contributed by atoms with E-state index in [0.29, 0.717) is 16.3 Å². The molecule has 0 saturated heterocycles. The quantitative estimate of drug-likeness (QED) is 0.510. The molecule has 1 amide bonds. The SMILES string of the molecule is O=C(Nc1ccc(Cl)c(Br)c1)c1cc(Br)ccc1I. The summed E-state index contributed by atoms with van der Waals surface area (Å²) in [6.45, 7) is 0. The third kappa shape index (κ3) is 3.93. The number of amides is 1. The summed E-state index contributed by atoms with van der Waals surface area (Å²) < 4.78 is 2.51. The molecule has 1 N–H and O–H groups in total. The third-order valence-corrected chi connectivity index (χ3v) is 5.00. The highest BCUT2D eigenvalue weighted by atomic mass is 127. The summed E-state index contributed by atoms with van der Waals surface area (Å²) in [5.41, 5.74) is 1.32. The zero-order valence-electron chi connectivity index (χ0n) is 9.38. The molecule has 0 spiro atoms. The second-order valence-electron chi connectivity index (χ2n) is 3.71. The summed E-state index contributed by atoms with van der Waals surface area (Å²) in [6, 6.07) is 10.8. The maximum Gasteiger partial charge on any atom is 0.256 e. The number of benzene rings is 2. The van der Waals surface area contributed by atoms with Gasteiger partial charge in [0.2, 0.25) is 0 Å². The van der Waals surface area contributed by atoms with E-state index in [1.54, 1.807) is 24.3 Å². The zero-order chi connectivity index (χ0) is 14.0. The van der Waals surface area contributed by atoms with E-state index in [9.17, 15) is 4.79 Å². The van der Waals surface area contributed by atoms with Crippen molar-refractivity contribution in [3.63, 3.8) is 0 Å². The van der Waals surface area contributed by atoms with Gasteiger partial charge in [0, 0.05) is 18.2 Å². The first-order valence-electron chi connectivity index (χ1n) is 5.19. The summed E-state index contributed by atoms with van der Waals surface area (Å²) in [4.78, 5) is 12.2. The smallest absolute Gasteiger partial charge is 0.256 e. The number of hydrogen-bond acceptors (Lipinski definition) is 1. The Bertz CT molecular complexity index is 649. The van der Waals surface area contributed by atoms with Crippen molar-refractivity contribution in [3.8, 4) is 0 Å². The molecule has 6 heteroatoms. The summed E-state index contributed by atoms with van der Waals surface area (Å²) in [6.07, 6.45) is 0. The Balaban J connectivity index is 2.25. The van der Waals surface area contributed by atoms with E-state index in [-0.39, 0.29) is 5.91 Å². The van der Waals surface area contributed by atoms with E-state index in [1.165, 1.54) is 0 Å². The molecule has 98 valence electrons. The van der Waals surface area contributed by atoms with Crippen molar-refractivity contribution in [2.45, 2.75) is 0 Å². The van der Waals surface area contributed by atoms with E-state index >= 15 is 0 Å². The molecule has 0 unspecified atom stereocenters. The van der Waals surface area contributed by atoms with Gasteiger partial charge in [-0.15, -0.1) is 0 Å². The van der Waals surface area contributed by atoms with Crippen molar-refractivity contribution >= 4 is 77.6 Å². The van der Waals surface area contributed by atoms with Crippen molar-refractivity contribution in [1.29, 1.82) is 0 Å². The Labute approximate surface area is 146 Å². The van der Waals surface area contributed by atoms with Crippen LogP contribution in [0.2, 0.25) is 5.02 Å². The van der Waals surface area contributed by atoms with Crippen LogP contribution >= 0.6 is 66.1 Å². The van der Waals surface area contributed by atoms with Gasteiger partial charge in [0.05, 0.1) is 10.6 Å². The van der Waals surface area contributed by atoms with Crippen molar-refractivity contribution in [1.82, 2.24) is 0 Å². The predicted octanol–water partition coefficient (Wildman–Crippen LogP) is 5.72. The van der Waals surface area contributed by atoms with Crippen LogP contribution in [-0.2, 0) is 0 Å². The Hall–Kier alpha value is -0.110. The molecule has 0 heterocycles. The van der Waals surface area contributed by atoms with Crippen molar-refractivity contribution < 1.29 is 4.79 Å². The van der Waals surface area contributed by atoms with Crippen LogP contribution in [0.1, 0.15) is 10.4 Å². The van der Waals surface area contributed by atoms with Gasteiger partial charge in [-0.1, -0.05) is 27.5 Å². The summed E-state index contributed by atoms with van der Waals surface area (Å²) in [5.74, 6) is -0.153. The van der Waals surface area contributed by atoms with E-state index in [1.807, 2.05) is 12.1 Å². The van der Waals surface area contributed by atoms with Gasteiger partial charge in [0.1, 0.15) is 0 Å². The Morgan fingerprint density at radius 1 is 1.16 bits per heavy atom. The Kier molecular flexibility index (Phi) is 5.28. The van der Waals surface area contributed by atoms with E-state index in [0.717, 1.165) is 12.5 Å². The van der Waals surface area contributed by atoms with Gasteiger partial charge in [-0.05, 0) is 74.9 Å². The third-order valence-electron chi connectivity index (χ3n) is 2.35. The standard InChI is InChI=1S/C13H7Br2ClINO/c14-7-1-4-12(17)9(5-7)13(19)18-8-2-3-11(16)10(15)6-8/h1-6H,(H,18,19). The lowest BCUT2D eigenvalue weighted by molar-refractivity contribution is 0.102. The molecule has 2 rings (SSSR count). The fraction of sp³-hybridized carbons (Fsp3) is 0. The minimum absolute atomic E-state index is 0.153. The van der Waals surface area contributed by atoms with Crippen LogP contribution in [0.3, 0.4) is 0 Å². The topological polar surface area (TPSA) is 29.1 Å². The van der Waals surface area contributed by atoms with Crippen LogP contribution in [0.25, 0.3) is 0 Å². The normalized spacial score (nSPS) is 10.3. The highest BCUT2D eigenvalue weighted by molar-refractivity contribution is 14.1. The number of halogens is 4. The number of nitrogens with one attached hydrogen (secondary N) is 1. The van der Waals surface area contributed by atoms with Crippen LogP contribution in [0, 0.1) is 3.57 Å². The summed E-state index contributed by atoms with van der Waals surface area (Å²) in [7, 11) is 0. The van der Waals surface area contributed by atoms with Gasteiger partial charge in [0.15, 0.2) is 0 Å². The van der Waals surface area contributed by atoms with E-state index < -0.39 is 0 Å². The summed E-state index contributed by atoms with van der Waals surface area (Å²) >= 11 is 14.7. The summed E-state index contributed by atoms with van der Waals surface area (Å²) in [5, 5.41) is 3.45. The van der Waals surface area contributed by atoms with Gasteiger partial charge >= 0.3 is 0 Å². The molecular formula is C13H7Br2ClINO. The van der Waals surface area contributed by atoms with Gasteiger partial charge in [-0.2, -0.15) is 0 Å². The lowest BCUT2D eigenvalue weighted by Gasteiger charge is -2.08. The predicted molar refractivity (Wildman–Crippen MR) is 94.0 cm³/mol. The Morgan fingerprint density at radius 2 is 1.89 bits per heavy atom. The highest BCUT2D eigenvalue weighted by Crippen LogP contribution is 2.26. The lowest BCUT2D eigenvalue weighted by atomic mass is 10.2. The number of carbonyl (C=O) groups excluding carboxylic acids is 1. The largest absolute Gasteiger partial charge is 0.322 e. The molecule has 0 bridgehead atoms. The second-order valence-corrected chi connectivity index (χ2v) is 7.05. The van der Waals surface area contributed by atoms with Crippen molar-refractivity contribution in [3.05, 3.63) is 59.5 Å². The zero-order valence-corrected chi connectivity index (χ0v) is 15.5. The number of hydrogen-bond donors (Lipinski definition) is 1. The molecule has 19 heavy (non-hydrogen) atoms. The first-order chi connectivity index (χ1) is 8.97. The molecule has 2 aromatic rings. The molecule has 0 aliphatic rings. The van der Waals surface area contributed by atoms with Crippen LogP contribution in [-0.4, -0.2) is 5.91 Å². The van der Waals surface area contributed by atoms with Crippen molar-refractivity contribution in [2.75, 3.05) is 5.32 Å². The van der Waals surface area contributed by atoms with Gasteiger partial charge in [0.25, 0.3) is 5.91 Å². The van der Waals surface area contributed by atoms with Crippen LogP contribution in [0.4, 0.5) is 5.69 Å². The minimum Gasteiger partial charge on any atom is -0.322 e. The number of rotatable bonds is 2. The van der Waals surface area contributed by atoms with Crippen molar-refractivity contribution in [2.24, 2.45) is 0 Å². The van der Waals surface area contributed by atoms with Crippen LogP contribution in [0.15, 0.2) is 45.3 Å². The van der Waals surface area contributed by atoms with Gasteiger partial charge in [-0.3, -0.25) is 4.79 Å². The van der Waals surface area contributed by atoms with Crippen LogP contribution < -0.4 is 5.32 Å². The first kappa shape index (κ1) is 15.3. The van der Waals surface area contributed by atoms with E-state index in [4.69, 9.17) is 11.6 Å². The molecule has 0 fully saturated rings. The molecule has 2 aromatic carbocycles. The second kappa shape index (κ2) is 6.56. The first-order valence-corrected chi connectivity index (χ1v) is 8.23. The molecule has 0 radical (unpaired) electrons. The molecule has 0 aliphatic carbocycles. The highest BCUT2D eigenvalue weighted by Gasteiger charge is 2.11. The number of anilines is 1. The van der Waals surface area contributed by atoms with Crippen LogP contribution in [0.5, 0.6) is 0 Å². The fourth-order valence-corrected chi connectivity index (χ4v) is 2.88. The molecular weight excluding hydrogens is 508 g/mol. The maximum atomic E-state index is 12.2. The number of carbonyl (C=O) groups is 1. The molecule has 0 atom stereocenters. The average Bonchev–Trinajstić information content (AvgIpc) is 2.36. The van der Waals surface area contributed by atoms with Gasteiger partial charge in [-0.25, -0.2) is 0 Å². The maximum absolute atomic E-state index is 12.2.